The maximum atomic E-state index is 10.9. The fraction of sp³-hybridized carbons (Fsp3) is 0.316. The molecule has 24 heavy (non-hydrogen) atoms. The van der Waals surface area contributed by atoms with Gasteiger partial charge in [0.15, 0.2) is 0 Å². The number of rotatable bonds is 9. The van der Waals surface area contributed by atoms with E-state index < -0.39 is 6.10 Å². The van der Waals surface area contributed by atoms with Crippen molar-refractivity contribution in [3.8, 4) is 5.75 Å². The van der Waals surface area contributed by atoms with Crippen LogP contribution in [-0.4, -0.2) is 30.3 Å². The minimum Gasteiger partial charge on any atom is -0.489 e. The zero-order chi connectivity index (χ0) is 17.2. The summed E-state index contributed by atoms with van der Waals surface area (Å²) in [6.45, 7) is 2.30. The summed E-state index contributed by atoms with van der Waals surface area (Å²) < 4.78 is 10.7. The third kappa shape index (κ3) is 6.30. The largest absolute Gasteiger partial charge is 0.489 e. The summed E-state index contributed by atoms with van der Waals surface area (Å²) in [6, 6.07) is 17.7. The van der Waals surface area contributed by atoms with Gasteiger partial charge in [0.2, 0.25) is 0 Å². The molecule has 5 heteroatoms. The molecule has 0 radical (unpaired) electrons. The quantitative estimate of drug-likeness (QED) is 0.692. The van der Waals surface area contributed by atoms with Gasteiger partial charge in [-0.05, 0) is 29.8 Å². The molecule has 0 heterocycles. The summed E-state index contributed by atoms with van der Waals surface area (Å²) in [7, 11) is 0. The number of benzene rings is 2. The summed E-state index contributed by atoms with van der Waals surface area (Å²) in [5.41, 5.74) is 2.07. The summed E-state index contributed by atoms with van der Waals surface area (Å²) in [5.74, 6) is 0.423. The second-order valence-electron chi connectivity index (χ2n) is 5.43. The average Bonchev–Trinajstić information content (AvgIpc) is 2.60. The van der Waals surface area contributed by atoms with Crippen molar-refractivity contribution in [2.75, 3.05) is 18.5 Å². The van der Waals surface area contributed by atoms with Gasteiger partial charge in [-0.1, -0.05) is 30.3 Å². The number of hydrogen-bond donors (Lipinski definition) is 2. The number of aliphatic hydroxyl groups is 1. The minimum atomic E-state index is -0.469. The smallest absolute Gasteiger partial charge is 0.302 e. The van der Waals surface area contributed by atoms with Crippen LogP contribution in [0.3, 0.4) is 0 Å². The molecular formula is C19H23NO4. The Morgan fingerprint density at radius 2 is 1.83 bits per heavy atom. The first kappa shape index (κ1) is 17.8. The fourth-order valence-electron chi connectivity index (χ4n) is 2.21. The maximum Gasteiger partial charge on any atom is 0.302 e. The lowest BCUT2D eigenvalue weighted by Gasteiger charge is -2.15. The van der Waals surface area contributed by atoms with Gasteiger partial charge in [0.05, 0.1) is 6.61 Å². The second kappa shape index (κ2) is 9.57. The topological polar surface area (TPSA) is 67.8 Å². The SMILES string of the molecule is CC(=O)OC(CO)CCNc1ccc(OCc2ccccc2)cc1. The number of hydrogen-bond acceptors (Lipinski definition) is 5. The fourth-order valence-corrected chi connectivity index (χ4v) is 2.21. The highest BCUT2D eigenvalue weighted by Crippen LogP contribution is 2.17. The van der Waals surface area contributed by atoms with Crippen molar-refractivity contribution >= 4 is 11.7 Å². The zero-order valence-electron chi connectivity index (χ0n) is 13.8. The number of carbonyl (C=O) groups excluding carboxylic acids is 1. The van der Waals surface area contributed by atoms with E-state index in [4.69, 9.17) is 14.6 Å². The van der Waals surface area contributed by atoms with Crippen LogP contribution >= 0.6 is 0 Å². The molecule has 1 unspecified atom stereocenters. The van der Waals surface area contributed by atoms with Crippen molar-refractivity contribution in [3.05, 3.63) is 60.2 Å². The second-order valence-corrected chi connectivity index (χ2v) is 5.43. The number of nitrogens with one attached hydrogen (secondary N) is 1. The van der Waals surface area contributed by atoms with E-state index in [9.17, 15) is 4.79 Å². The lowest BCUT2D eigenvalue weighted by molar-refractivity contribution is -0.148. The van der Waals surface area contributed by atoms with Crippen molar-refractivity contribution in [2.45, 2.75) is 26.1 Å². The van der Waals surface area contributed by atoms with Crippen molar-refractivity contribution in [3.63, 3.8) is 0 Å². The van der Waals surface area contributed by atoms with E-state index in [1.54, 1.807) is 0 Å². The highest BCUT2D eigenvalue weighted by molar-refractivity contribution is 5.66. The number of carbonyl (C=O) groups is 1. The van der Waals surface area contributed by atoms with Gasteiger partial charge >= 0.3 is 5.97 Å². The van der Waals surface area contributed by atoms with Gasteiger partial charge in [0, 0.05) is 25.6 Å². The Bertz CT molecular complexity index is 613. The van der Waals surface area contributed by atoms with E-state index in [0.29, 0.717) is 19.6 Å². The van der Waals surface area contributed by atoms with E-state index >= 15 is 0 Å². The highest BCUT2D eigenvalue weighted by atomic mass is 16.5. The van der Waals surface area contributed by atoms with Crippen LogP contribution in [0.15, 0.2) is 54.6 Å². The Balaban J connectivity index is 1.74. The van der Waals surface area contributed by atoms with Crippen molar-refractivity contribution in [1.29, 1.82) is 0 Å². The average molecular weight is 329 g/mol. The van der Waals surface area contributed by atoms with Gasteiger partial charge in [0.25, 0.3) is 0 Å². The molecule has 2 aromatic carbocycles. The van der Waals surface area contributed by atoms with Crippen LogP contribution in [0.25, 0.3) is 0 Å². The lowest BCUT2D eigenvalue weighted by Crippen LogP contribution is -2.23. The predicted molar refractivity (Wildman–Crippen MR) is 93.0 cm³/mol. The Labute approximate surface area is 142 Å². The summed E-state index contributed by atoms with van der Waals surface area (Å²) >= 11 is 0. The molecule has 0 saturated heterocycles. The van der Waals surface area contributed by atoms with Crippen LogP contribution in [0.4, 0.5) is 5.69 Å². The van der Waals surface area contributed by atoms with Crippen LogP contribution in [0.2, 0.25) is 0 Å². The molecule has 0 aliphatic rings. The third-order valence-electron chi connectivity index (χ3n) is 3.43. The molecule has 2 N–H and O–H groups in total. The molecule has 0 spiro atoms. The minimum absolute atomic E-state index is 0.173. The molecule has 0 aromatic heterocycles. The van der Waals surface area contributed by atoms with Gasteiger partial charge in [-0.25, -0.2) is 0 Å². The van der Waals surface area contributed by atoms with E-state index in [1.807, 2.05) is 54.6 Å². The molecule has 0 amide bonds. The van der Waals surface area contributed by atoms with Gasteiger partial charge in [-0.3, -0.25) is 4.79 Å². The van der Waals surface area contributed by atoms with Gasteiger partial charge in [-0.15, -0.1) is 0 Å². The standard InChI is InChI=1S/C19H23NO4/c1-15(22)24-19(13-21)11-12-20-17-7-9-18(10-8-17)23-14-16-5-3-2-4-6-16/h2-10,19-21H,11-14H2,1H3. The molecule has 0 fully saturated rings. The van der Waals surface area contributed by atoms with Crippen molar-refractivity contribution < 1.29 is 19.4 Å². The molecule has 5 nitrogen and oxygen atoms in total. The van der Waals surface area contributed by atoms with Crippen molar-refractivity contribution in [2.24, 2.45) is 0 Å². The molecular weight excluding hydrogens is 306 g/mol. The van der Waals surface area contributed by atoms with Crippen LogP contribution in [0, 0.1) is 0 Å². The molecule has 2 aromatic rings. The number of esters is 1. The Kier molecular flexibility index (Phi) is 7.11. The predicted octanol–water partition coefficient (Wildman–Crippen LogP) is 2.99. The first-order chi connectivity index (χ1) is 11.7. The van der Waals surface area contributed by atoms with Crippen LogP contribution in [0.1, 0.15) is 18.9 Å². The molecule has 0 saturated carbocycles. The number of ether oxygens (including phenoxy) is 2. The normalized spacial score (nSPS) is 11.6. The lowest BCUT2D eigenvalue weighted by atomic mass is 10.2. The number of aliphatic hydroxyl groups excluding tert-OH is 1. The molecule has 0 aliphatic carbocycles. The third-order valence-corrected chi connectivity index (χ3v) is 3.43. The summed E-state index contributed by atoms with van der Waals surface area (Å²) in [5, 5.41) is 12.4. The summed E-state index contributed by atoms with van der Waals surface area (Å²) in [4.78, 5) is 10.9. The first-order valence-corrected chi connectivity index (χ1v) is 7.96. The van der Waals surface area contributed by atoms with Gasteiger partial charge in [0.1, 0.15) is 18.5 Å². The Hall–Kier alpha value is -2.53. The first-order valence-electron chi connectivity index (χ1n) is 7.96. The van der Waals surface area contributed by atoms with E-state index in [1.165, 1.54) is 6.92 Å². The van der Waals surface area contributed by atoms with E-state index in [0.717, 1.165) is 17.0 Å². The maximum absolute atomic E-state index is 10.9. The zero-order valence-corrected chi connectivity index (χ0v) is 13.8. The molecule has 0 bridgehead atoms. The molecule has 1 atom stereocenters. The van der Waals surface area contributed by atoms with Crippen molar-refractivity contribution in [1.82, 2.24) is 0 Å². The Morgan fingerprint density at radius 1 is 1.12 bits per heavy atom. The number of anilines is 1. The van der Waals surface area contributed by atoms with Crippen LogP contribution in [-0.2, 0) is 16.1 Å². The molecule has 128 valence electrons. The highest BCUT2D eigenvalue weighted by Gasteiger charge is 2.09. The van der Waals surface area contributed by atoms with Gasteiger partial charge in [-0.2, -0.15) is 0 Å². The summed E-state index contributed by atoms with van der Waals surface area (Å²) in [6.07, 6.45) is 0.0750. The van der Waals surface area contributed by atoms with Gasteiger partial charge < -0.3 is 19.9 Å². The molecule has 2 rings (SSSR count). The van der Waals surface area contributed by atoms with E-state index in [-0.39, 0.29) is 12.6 Å². The monoisotopic (exact) mass is 329 g/mol. The van der Waals surface area contributed by atoms with Crippen LogP contribution in [0.5, 0.6) is 5.75 Å². The Morgan fingerprint density at radius 3 is 2.46 bits per heavy atom. The molecule has 0 aliphatic heterocycles. The van der Waals surface area contributed by atoms with E-state index in [2.05, 4.69) is 5.32 Å². The van der Waals surface area contributed by atoms with Crippen LogP contribution < -0.4 is 10.1 Å².